The molecule has 7 heteroatoms. The van der Waals surface area contributed by atoms with Crippen LogP contribution in [0.1, 0.15) is 55.3 Å². The molecule has 2 bridgehead atoms. The van der Waals surface area contributed by atoms with E-state index in [1.165, 1.54) is 79.2 Å². The molecule has 4 saturated heterocycles. The number of aromatic nitrogens is 2. The molecule has 0 spiro atoms. The second-order valence-corrected chi connectivity index (χ2v) is 12.6. The Bertz CT molecular complexity index is 1380. The standard InChI is InChI=1S/C32H40N6O/c1-22-6-2-7-23-8-3-9-28(29(22)23)36-17-12-26-27(20-36)34-31(39-21-32-13-4-15-38(32)16-5-14-32)35-30(26)37-18-24-10-11-25(19-37)33-24/h2-3,6-9,24-25,33H,4-5,10-21H2,1H3. The van der Waals surface area contributed by atoms with Crippen molar-refractivity contribution in [2.45, 2.75) is 76.0 Å². The average Bonchev–Trinajstić information content (AvgIpc) is 3.64. The van der Waals surface area contributed by atoms with Gasteiger partial charge in [0.15, 0.2) is 0 Å². The summed E-state index contributed by atoms with van der Waals surface area (Å²) in [5.74, 6) is 1.13. The fraction of sp³-hybridized carbons (Fsp3) is 0.562. The molecule has 39 heavy (non-hydrogen) atoms. The van der Waals surface area contributed by atoms with E-state index < -0.39 is 0 Å². The lowest BCUT2D eigenvalue weighted by Gasteiger charge is -2.38. The van der Waals surface area contributed by atoms with Gasteiger partial charge in [0, 0.05) is 48.4 Å². The number of nitrogens with one attached hydrogen (secondary N) is 1. The highest BCUT2D eigenvalue weighted by Crippen LogP contribution is 2.40. The van der Waals surface area contributed by atoms with Crippen molar-refractivity contribution in [3.8, 4) is 6.01 Å². The molecular formula is C32H40N6O. The van der Waals surface area contributed by atoms with Crippen LogP contribution in [0.3, 0.4) is 0 Å². The first-order chi connectivity index (χ1) is 19.1. The van der Waals surface area contributed by atoms with Crippen LogP contribution in [-0.2, 0) is 13.0 Å². The summed E-state index contributed by atoms with van der Waals surface area (Å²) in [6, 6.07) is 15.0. The number of hydrogen-bond acceptors (Lipinski definition) is 7. The Balaban J connectivity index is 1.15. The van der Waals surface area contributed by atoms with Crippen molar-refractivity contribution in [2.24, 2.45) is 0 Å². The molecule has 2 aromatic carbocycles. The first-order valence-corrected chi connectivity index (χ1v) is 15.2. The van der Waals surface area contributed by atoms with Gasteiger partial charge in [0.1, 0.15) is 12.4 Å². The van der Waals surface area contributed by atoms with Gasteiger partial charge < -0.3 is 19.9 Å². The van der Waals surface area contributed by atoms with E-state index in [0.717, 1.165) is 44.1 Å². The SMILES string of the molecule is Cc1cccc2cccc(N3CCc4c(nc(OCC56CCCN5CCC6)nc4N4CC5CCC(C4)N5)C3)c12. The lowest BCUT2D eigenvalue weighted by atomic mass is 9.95. The lowest BCUT2D eigenvalue weighted by Crippen LogP contribution is -2.52. The molecule has 3 aromatic rings. The summed E-state index contributed by atoms with van der Waals surface area (Å²) in [7, 11) is 0. The number of rotatable bonds is 5. The van der Waals surface area contributed by atoms with E-state index in [9.17, 15) is 0 Å². The molecule has 1 aromatic heterocycles. The lowest BCUT2D eigenvalue weighted by molar-refractivity contribution is 0.107. The van der Waals surface area contributed by atoms with E-state index >= 15 is 0 Å². The molecule has 8 rings (SSSR count). The third kappa shape index (κ3) is 4.08. The molecule has 1 N–H and O–H groups in total. The van der Waals surface area contributed by atoms with Crippen molar-refractivity contribution in [1.82, 2.24) is 20.2 Å². The highest BCUT2D eigenvalue weighted by Gasteiger charge is 2.45. The molecule has 0 amide bonds. The second-order valence-electron chi connectivity index (χ2n) is 12.6. The van der Waals surface area contributed by atoms with Gasteiger partial charge >= 0.3 is 6.01 Å². The van der Waals surface area contributed by atoms with E-state index in [0.29, 0.717) is 24.7 Å². The zero-order chi connectivity index (χ0) is 26.0. The van der Waals surface area contributed by atoms with Crippen LogP contribution in [0.25, 0.3) is 10.8 Å². The van der Waals surface area contributed by atoms with E-state index in [-0.39, 0.29) is 5.54 Å². The molecular weight excluding hydrogens is 484 g/mol. The van der Waals surface area contributed by atoms with Crippen LogP contribution < -0.4 is 19.9 Å². The highest BCUT2D eigenvalue weighted by molar-refractivity contribution is 5.97. The first kappa shape index (κ1) is 23.9. The maximum Gasteiger partial charge on any atom is 0.318 e. The Hall–Kier alpha value is -2.90. The maximum absolute atomic E-state index is 6.57. The number of aryl methyl sites for hydroxylation is 1. The summed E-state index contributed by atoms with van der Waals surface area (Å²) >= 11 is 0. The second kappa shape index (κ2) is 9.34. The monoisotopic (exact) mass is 524 g/mol. The average molecular weight is 525 g/mol. The molecule has 7 nitrogen and oxygen atoms in total. The van der Waals surface area contributed by atoms with Crippen molar-refractivity contribution in [3.05, 3.63) is 53.2 Å². The van der Waals surface area contributed by atoms with Gasteiger partial charge in [-0.2, -0.15) is 9.97 Å². The van der Waals surface area contributed by atoms with Gasteiger partial charge in [-0.05, 0) is 82.0 Å². The molecule has 0 saturated carbocycles. The van der Waals surface area contributed by atoms with Crippen molar-refractivity contribution in [3.63, 3.8) is 0 Å². The molecule has 0 radical (unpaired) electrons. The van der Waals surface area contributed by atoms with Gasteiger partial charge in [0.2, 0.25) is 0 Å². The van der Waals surface area contributed by atoms with Gasteiger partial charge in [-0.3, -0.25) is 4.90 Å². The minimum absolute atomic E-state index is 0.195. The number of piperazine rings is 1. The van der Waals surface area contributed by atoms with Gasteiger partial charge in [-0.25, -0.2) is 0 Å². The van der Waals surface area contributed by atoms with Gasteiger partial charge in [0.05, 0.1) is 17.8 Å². The first-order valence-electron chi connectivity index (χ1n) is 15.2. The number of hydrogen-bond donors (Lipinski definition) is 1. The quantitative estimate of drug-likeness (QED) is 0.529. The molecule has 5 aliphatic rings. The maximum atomic E-state index is 6.57. The van der Waals surface area contributed by atoms with E-state index in [4.69, 9.17) is 14.7 Å². The summed E-state index contributed by atoms with van der Waals surface area (Å²) < 4.78 is 6.57. The van der Waals surface area contributed by atoms with Gasteiger partial charge in [-0.1, -0.05) is 30.3 Å². The zero-order valence-electron chi connectivity index (χ0n) is 23.2. The summed E-state index contributed by atoms with van der Waals surface area (Å²) in [6.45, 7) is 9.20. The number of ether oxygens (including phenoxy) is 1. The third-order valence-electron chi connectivity index (χ3n) is 10.3. The Labute approximate surface area is 231 Å². The Morgan fingerprint density at radius 2 is 1.72 bits per heavy atom. The van der Waals surface area contributed by atoms with Crippen molar-refractivity contribution in [2.75, 3.05) is 49.1 Å². The topological polar surface area (TPSA) is 56.8 Å². The van der Waals surface area contributed by atoms with Crippen LogP contribution in [0.4, 0.5) is 11.5 Å². The van der Waals surface area contributed by atoms with Crippen LogP contribution >= 0.6 is 0 Å². The van der Waals surface area contributed by atoms with E-state index in [2.05, 4.69) is 63.3 Å². The fourth-order valence-corrected chi connectivity index (χ4v) is 8.32. The van der Waals surface area contributed by atoms with E-state index in [1.54, 1.807) is 0 Å². The Morgan fingerprint density at radius 1 is 0.949 bits per heavy atom. The number of nitrogens with zero attached hydrogens (tertiary/aromatic N) is 5. The minimum atomic E-state index is 0.195. The highest BCUT2D eigenvalue weighted by atomic mass is 16.5. The van der Waals surface area contributed by atoms with Crippen LogP contribution in [0.5, 0.6) is 6.01 Å². The molecule has 6 heterocycles. The summed E-state index contributed by atoms with van der Waals surface area (Å²) in [5.41, 5.74) is 5.31. The molecule has 5 aliphatic heterocycles. The summed E-state index contributed by atoms with van der Waals surface area (Å²) in [6.07, 6.45) is 8.53. The molecule has 2 atom stereocenters. The van der Waals surface area contributed by atoms with Crippen molar-refractivity contribution < 1.29 is 4.74 Å². The van der Waals surface area contributed by atoms with Crippen molar-refractivity contribution >= 4 is 22.3 Å². The molecule has 2 unspecified atom stereocenters. The molecule has 0 aliphatic carbocycles. The number of benzene rings is 2. The number of fused-ring (bicyclic) bond motifs is 5. The minimum Gasteiger partial charge on any atom is -0.461 e. The molecule has 204 valence electrons. The van der Waals surface area contributed by atoms with Crippen LogP contribution in [-0.4, -0.2) is 71.8 Å². The van der Waals surface area contributed by atoms with Gasteiger partial charge in [0.25, 0.3) is 0 Å². The largest absolute Gasteiger partial charge is 0.461 e. The summed E-state index contributed by atoms with van der Waals surface area (Å²) in [4.78, 5) is 18.0. The summed E-state index contributed by atoms with van der Waals surface area (Å²) in [5, 5.41) is 6.45. The zero-order valence-corrected chi connectivity index (χ0v) is 23.2. The normalized spacial score (nSPS) is 25.8. The van der Waals surface area contributed by atoms with Crippen molar-refractivity contribution in [1.29, 1.82) is 0 Å². The van der Waals surface area contributed by atoms with Gasteiger partial charge in [-0.15, -0.1) is 0 Å². The Kier molecular flexibility index (Phi) is 5.73. The van der Waals surface area contributed by atoms with Crippen LogP contribution in [0.15, 0.2) is 36.4 Å². The van der Waals surface area contributed by atoms with Crippen LogP contribution in [0, 0.1) is 6.92 Å². The smallest absolute Gasteiger partial charge is 0.318 e. The van der Waals surface area contributed by atoms with E-state index in [1.807, 2.05) is 0 Å². The fourth-order valence-electron chi connectivity index (χ4n) is 8.32. The predicted octanol–water partition coefficient (Wildman–Crippen LogP) is 4.45. The van der Waals surface area contributed by atoms with Crippen LogP contribution in [0.2, 0.25) is 0 Å². The third-order valence-corrected chi connectivity index (χ3v) is 10.3. The Morgan fingerprint density at radius 3 is 2.51 bits per heavy atom. The predicted molar refractivity (Wildman–Crippen MR) is 156 cm³/mol. The number of anilines is 2. The molecule has 4 fully saturated rings.